The molecule has 1 aliphatic rings. The van der Waals surface area contributed by atoms with Crippen molar-refractivity contribution >= 4 is 5.95 Å². The standard InChI is InChI=1S/C10H12N4O2/c11-5-8-1-3-12-9(14-8)13-6-10(15)2-4-16-7-10/h1,3,15H,2,4,6-7H2,(H,12,13,14). The second kappa shape index (κ2) is 4.43. The van der Waals surface area contributed by atoms with Crippen molar-refractivity contribution in [3.8, 4) is 6.07 Å². The van der Waals surface area contributed by atoms with Crippen LogP contribution in [0.5, 0.6) is 0 Å². The van der Waals surface area contributed by atoms with E-state index < -0.39 is 5.60 Å². The number of rotatable bonds is 3. The van der Waals surface area contributed by atoms with Gasteiger partial charge >= 0.3 is 0 Å². The van der Waals surface area contributed by atoms with Crippen LogP contribution in [-0.4, -0.2) is 40.4 Å². The van der Waals surface area contributed by atoms with Crippen LogP contribution in [0.25, 0.3) is 0 Å². The van der Waals surface area contributed by atoms with Crippen molar-refractivity contribution in [3.63, 3.8) is 0 Å². The van der Waals surface area contributed by atoms with Crippen molar-refractivity contribution < 1.29 is 9.84 Å². The lowest BCUT2D eigenvalue weighted by atomic mass is 10.0. The fourth-order valence-corrected chi connectivity index (χ4v) is 1.49. The highest BCUT2D eigenvalue weighted by Crippen LogP contribution is 2.18. The Morgan fingerprint density at radius 2 is 2.56 bits per heavy atom. The van der Waals surface area contributed by atoms with Gasteiger partial charge in [0, 0.05) is 25.8 Å². The van der Waals surface area contributed by atoms with Crippen LogP contribution in [0.3, 0.4) is 0 Å². The maximum atomic E-state index is 9.97. The first-order chi connectivity index (χ1) is 7.72. The molecule has 0 radical (unpaired) electrons. The first kappa shape index (κ1) is 10.8. The van der Waals surface area contributed by atoms with E-state index >= 15 is 0 Å². The topological polar surface area (TPSA) is 91.1 Å². The van der Waals surface area contributed by atoms with E-state index in [-0.39, 0.29) is 0 Å². The van der Waals surface area contributed by atoms with Crippen LogP contribution in [0.2, 0.25) is 0 Å². The number of aromatic nitrogens is 2. The lowest BCUT2D eigenvalue weighted by Crippen LogP contribution is -2.37. The van der Waals surface area contributed by atoms with Gasteiger partial charge in [0.1, 0.15) is 17.4 Å². The molecule has 0 aromatic carbocycles. The van der Waals surface area contributed by atoms with Crippen molar-refractivity contribution in [2.75, 3.05) is 25.1 Å². The molecule has 0 spiro atoms. The molecular weight excluding hydrogens is 208 g/mol. The molecule has 1 aromatic heterocycles. The summed E-state index contributed by atoms with van der Waals surface area (Å²) in [6.07, 6.45) is 2.10. The summed E-state index contributed by atoms with van der Waals surface area (Å²) in [7, 11) is 0. The maximum absolute atomic E-state index is 9.97. The average Bonchev–Trinajstić information content (AvgIpc) is 2.75. The van der Waals surface area contributed by atoms with Gasteiger partial charge in [0.05, 0.1) is 6.61 Å². The summed E-state index contributed by atoms with van der Waals surface area (Å²) in [6.45, 7) is 1.21. The molecular formula is C10H12N4O2. The van der Waals surface area contributed by atoms with Gasteiger partial charge in [0.2, 0.25) is 5.95 Å². The van der Waals surface area contributed by atoms with E-state index in [0.29, 0.717) is 37.8 Å². The van der Waals surface area contributed by atoms with Crippen molar-refractivity contribution in [1.82, 2.24) is 9.97 Å². The molecule has 0 bridgehead atoms. The third-order valence-electron chi connectivity index (χ3n) is 2.43. The van der Waals surface area contributed by atoms with Crippen LogP contribution in [0.4, 0.5) is 5.95 Å². The second-order valence-corrected chi connectivity index (χ2v) is 3.76. The molecule has 1 aliphatic heterocycles. The highest BCUT2D eigenvalue weighted by molar-refractivity contribution is 5.30. The summed E-state index contributed by atoms with van der Waals surface area (Å²) >= 11 is 0. The largest absolute Gasteiger partial charge is 0.386 e. The Bertz CT molecular complexity index is 410. The van der Waals surface area contributed by atoms with E-state index in [1.165, 1.54) is 12.3 Å². The Morgan fingerprint density at radius 1 is 1.69 bits per heavy atom. The van der Waals surface area contributed by atoms with Gasteiger partial charge < -0.3 is 15.2 Å². The molecule has 6 nitrogen and oxygen atoms in total. The number of nitrogens with one attached hydrogen (secondary N) is 1. The SMILES string of the molecule is N#Cc1ccnc(NCC2(O)CCOC2)n1. The van der Waals surface area contributed by atoms with Crippen LogP contribution in [-0.2, 0) is 4.74 Å². The van der Waals surface area contributed by atoms with Crippen LogP contribution >= 0.6 is 0 Å². The number of hydrogen-bond donors (Lipinski definition) is 2. The lowest BCUT2D eigenvalue weighted by molar-refractivity contribution is 0.0380. The van der Waals surface area contributed by atoms with Crippen LogP contribution < -0.4 is 5.32 Å². The molecule has 1 atom stereocenters. The molecule has 0 aliphatic carbocycles. The van der Waals surface area contributed by atoms with Gasteiger partial charge in [-0.3, -0.25) is 0 Å². The molecule has 0 amide bonds. The van der Waals surface area contributed by atoms with E-state index in [4.69, 9.17) is 10.00 Å². The highest BCUT2D eigenvalue weighted by atomic mass is 16.5. The first-order valence-corrected chi connectivity index (χ1v) is 4.99. The van der Waals surface area contributed by atoms with E-state index in [1.807, 2.05) is 6.07 Å². The molecule has 1 unspecified atom stereocenters. The highest BCUT2D eigenvalue weighted by Gasteiger charge is 2.32. The van der Waals surface area contributed by atoms with E-state index in [9.17, 15) is 5.11 Å². The van der Waals surface area contributed by atoms with E-state index in [2.05, 4.69) is 15.3 Å². The van der Waals surface area contributed by atoms with Gasteiger partial charge in [0.25, 0.3) is 0 Å². The molecule has 6 heteroatoms. The zero-order valence-electron chi connectivity index (χ0n) is 8.68. The fourth-order valence-electron chi connectivity index (χ4n) is 1.49. The zero-order valence-corrected chi connectivity index (χ0v) is 8.68. The summed E-state index contributed by atoms with van der Waals surface area (Å²) in [4.78, 5) is 7.90. The van der Waals surface area contributed by atoms with Gasteiger partial charge in [-0.1, -0.05) is 0 Å². The number of nitriles is 1. The Morgan fingerprint density at radius 3 is 3.25 bits per heavy atom. The Balaban J connectivity index is 1.96. The lowest BCUT2D eigenvalue weighted by Gasteiger charge is -2.20. The third-order valence-corrected chi connectivity index (χ3v) is 2.43. The molecule has 0 saturated carbocycles. The summed E-state index contributed by atoms with van der Waals surface area (Å²) < 4.78 is 5.11. The molecule has 1 fully saturated rings. The Kier molecular flexibility index (Phi) is 2.99. The normalized spacial score (nSPS) is 24.0. The quantitative estimate of drug-likeness (QED) is 0.739. The predicted octanol–water partition coefficient (Wildman–Crippen LogP) is -0.0884. The molecule has 2 rings (SSSR count). The smallest absolute Gasteiger partial charge is 0.223 e. The number of nitrogens with zero attached hydrogens (tertiary/aromatic N) is 3. The van der Waals surface area contributed by atoms with Crippen molar-refractivity contribution in [1.29, 1.82) is 5.26 Å². The fraction of sp³-hybridized carbons (Fsp3) is 0.500. The van der Waals surface area contributed by atoms with E-state index in [0.717, 1.165) is 0 Å². The Labute approximate surface area is 92.9 Å². The Hall–Kier alpha value is -1.71. The number of aliphatic hydroxyl groups is 1. The van der Waals surface area contributed by atoms with Crippen LogP contribution in [0.15, 0.2) is 12.3 Å². The molecule has 2 N–H and O–H groups in total. The minimum atomic E-state index is -0.855. The number of hydrogen-bond acceptors (Lipinski definition) is 6. The first-order valence-electron chi connectivity index (χ1n) is 4.99. The third kappa shape index (κ3) is 2.45. The monoisotopic (exact) mass is 220 g/mol. The number of anilines is 1. The molecule has 84 valence electrons. The minimum absolute atomic E-state index is 0.298. The summed E-state index contributed by atoms with van der Waals surface area (Å²) in [5, 5.41) is 21.5. The van der Waals surface area contributed by atoms with Crippen LogP contribution in [0.1, 0.15) is 12.1 Å². The maximum Gasteiger partial charge on any atom is 0.223 e. The predicted molar refractivity (Wildman–Crippen MR) is 55.6 cm³/mol. The zero-order chi connectivity index (χ0) is 11.4. The summed E-state index contributed by atoms with van der Waals surface area (Å²) in [5.41, 5.74) is -0.557. The van der Waals surface area contributed by atoms with Gasteiger partial charge in [0.15, 0.2) is 0 Å². The summed E-state index contributed by atoms with van der Waals surface area (Å²) in [5.74, 6) is 0.347. The van der Waals surface area contributed by atoms with Gasteiger partial charge in [-0.2, -0.15) is 5.26 Å². The van der Waals surface area contributed by atoms with Crippen molar-refractivity contribution in [2.45, 2.75) is 12.0 Å². The second-order valence-electron chi connectivity index (χ2n) is 3.76. The molecule has 1 aromatic rings. The van der Waals surface area contributed by atoms with Gasteiger partial charge in [-0.25, -0.2) is 9.97 Å². The van der Waals surface area contributed by atoms with Crippen molar-refractivity contribution in [2.24, 2.45) is 0 Å². The van der Waals surface area contributed by atoms with Crippen molar-refractivity contribution in [3.05, 3.63) is 18.0 Å². The molecule has 2 heterocycles. The average molecular weight is 220 g/mol. The summed E-state index contributed by atoms with van der Waals surface area (Å²) in [6, 6.07) is 3.45. The number of ether oxygens (including phenoxy) is 1. The van der Waals surface area contributed by atoms with Gasteiger partial charge in [-0.05, 0) is 6.07 Å². The van der Waals surface area contributed by atoms with Gasteiger partial charge in [-0.15, -0.1) is 0 Å². The van der Waals surface area contributed by atoms with Crippen LogP contribution in [0, 0.1) is 11.3 Å². The molecule has 16 heavy (non-hydrogen) atoms. The molecule has 1 saturated heterocycles. The van der Waals surface area contributed by atoms with E-state index in [1.54, 1.807) is 0 Å². The minimum Gasteiger partial charge on any atom is -0.386 e.